The van der Waals surface area contributed by atoms with Crippen molar-refractivity contribution in [3.63, 3.8) is 0 Å². The number of nitrogens with one attached hydrogen (secondary N) is 1. The van der Waals surface area contributed by atoms with E-state index in [4.69, 9.17) is 0 Å². The molecule has 0 aromatic carbocycles. The number of hydrogen-bond acceptors (Lipinski definition) is 3. The first-order valence-corrected chi connectivity index (χ1v) is 7.37. The number of rotatable bonds is 2. The highest BCUT2D eigenvalue weighted by molar-refractivity contribution is 7.89. The predicted octanol–water partition coefficient (Wildman–Crippen LogP) is 1.46. The Kier molecular flexibility index (Phi) is 3.27. The molecule has 96 valence electrons. The van der Waals surface area contributed by atoms with Gasteiger partial charge in [0.15, 0.2) is 5.03 Å². The molecule has 1 fully saturated rings. The molecule has 3 unspecified atom stereocenters. The standard InChI is InChI=1S/C11H19N3O2S/c1-8-4-9(2)10(3)14(6-8)17(15,16)11-5-12-7-13-11/h5,7-10H,4,6H2,1-3H3,(H,12,13). The summed E-state index contributed by atoms with van der Waals surface area (Å²) >= 11 is 0. The smallest absolute Gasteiger partial charge is 0.260 e. The van der Waals surface area contributed by atoms with Gasteiger partial charge in [0.1, 0.15) is 0 Å². The summed E-state index contributed by atoms with van der Waals surface area (Å²) in [7, 11) is -3.42. The van der Waals surface area contributed by atoms with Crippen molar-refractivity contribution in [2.24, 2.45) is 11.8 Å². The molecular formula is C11H19N3O2S. The molecular weight excluding hydrogens is 238 g/mol. The van der Waals surface area contributed by atoms with Crippen LogP contribution in [0.1, 0.15) is 27.2 Å². The van der Waals surface area contributed by atoms with E-state index in [2.05, 4.69) is 23.8 Å². The summed E-state index contributed by atoms with van der Waals surface area (Å²) < 4.78 is 26.4. The molecule has 0 spiro atoms. The van der Waals surface area contributed by atoms with Crippen molar-refractivity contribution in [3.05, 3.63) is 12.5 Å². The normalized spacial score (nSPS) is 31.6. The van der Waals surface area contributed by atoms with Gasteiger partial charge >= 0.3 is 0 Å². The summed E-state index contributed by atoms with van der Waals surface area (Å²) in [6.45, 7) is 6.77. The number of aromatic nitrogens is 2. The van der Waals surface area contributed by atoms with E-state index >= 15 is 0 Å². The lowest BCUT2D eigenvalue weighted by Crippen LogP contribution is -2.48. The van der Waals surface area contributed by atoms with Gasteiger partial charge in [0.2, 0.25) is 0 Å². The van der Waals surface area contributed by atoms with Crippen LogP contribution < -0.4 is 0 Å². The molecule has 1 aliphatic rings. The van der Waals surface area contributed by atoms with E-state index in [0.29, 0.717) is 18.4 Å². The monoisotopic (exact) mass is 257 g/mol. The number of sulfonamides is 1. The number of hydrogen-bond donors (Lipinski definition) is 1. The molecule has 1 aromatic rings. The van der Waals surface area contributed by atoms with Crippen LogP contribution >= 0.6 is 0 Å². The second-order valence-corrected chi connectivity index (χ2v) is 6.91. The Morgan fingerprint density at radius 2 is 2.12 bits per heavy atom. The quantitative estimate of drug-likeness (QED) is 0.872. The van der Waals surface area contributed by atoms with Crippen LogP contribution in [0.4, 0.5) is 0 Å². The Labute approximate surface area is 102 Å². The largest absolute Gasteiger partial charge is 0.335 e. The fourth-order valence-electron chi connectivity index (χ4n) is 2.49. The number of H-pyrrole nitrogens is 1. The summed E-state index contributed by atoms with van der Waals surface area (Å²) in [5, 5.41) is 0.186. The molecule has 17 heavy (non-hydrogen) atoms. The molecule has 5 nitrogen and oxygen atoms in total. The van der Waals surface area contributed by atoms with Crippen LogP contribution in [0.3, 0.4) is 0 Å². The van der Waals surface area contributed by atoms with Crippen molar-refractivity contribution < 1.29 is 8.42 Å². The second-order valence-electron chi connectivity index (χ2n) is 5.05. The van der Waals surface area contributed by atoms with Gasteiger partial charge in [-0.3, -0.25) is 0 Å². The summed E-state index contributed by atoms with van der Waals surface area (Å²) in [4.78, 5) is 6.47. The van der Waals surface area contributed by atoms with E-state index in [1.165, 1.54) is 12.5 Å². The van der Waals surface area contributed by atoms with Crippen molar-refractivity contribution in [3.8, 4) is 0 Å². The van der Waals surface area contributed by atoms with E-state index in [1.807, 2.05) is 6.92 Å². The summed E-state index contributed by atoms with van der Waals surface area (Å²) in [5.41, 5.74) is 0. The lowest BCUT2D eigenvalue weighted by molar-refractivity contribution is 0.157. The van der Waals surface area contributed by atoms with Crippen LogP contribution in [0.25, 0.3) is 0 Å². The van der Waals surface area contributed by atoms with E-state index in [1.54, 1.807) is 4.31 Å². The Morgan fingerprint density at radius 3 is 2.71 bits per heavy atom. The molecule has 2 rings (SSSR count). The van der Waals surface area contributed by atoms with E-state index < -0.39 is 10.0 Å². The van der Waals surface area contributed by atoms with Crippen molar-refractivity contribution in [2.75, 3.05) is 6.54 Å². The van der Waals surface area contributed by atoms with Crippen LogP contribution in [0, 0.1) is 11.8 Å². The van der Waals surface area contributed by atoms with Crippen molar-refractivity contribution in [1.29, 1.82) is 0 Å². The molecule has 2 heterocycles. The van der Waals surface area contributed by atoms with E-state index in [-0.39, 0.29) is 11.1 Å². The molecule has 0 radical (unpaired) electrons. The Balaban J connectivity index is 2.33. The highest BCUT2D eigenvalue weighted by Crippen LogP contribution is 2.30. The average molecular weight is 257 g/mol. The molecule has 0 aliphatic carbocycles. The van der Waals surface area contributed by atoms with Gasteiger partial charge in [0, 0.05) is 12.6 Å². The van der Waals surface area contributed by atoms with Crippen LogP contribution in [-0.4, -0.2) is 35.3 Å². The maximum Gasteiger partial charge on any atom is 0.260 e. The molecule has 3 atom stereocenters. The molecule has 1 aromatic heterocycles. The Bertz CT molecular complexity index is 469. The topological polar surface area (TPSA) is 66.1 Å². The van der Waals surface area contributed by atoms with Crippen molar-refractivity contribution in [1.82, 2.24) is 14.3 Å². The lowest BCUT2D eigenvalue weighted by Gasteiger charge is -2.39. The van der Waals surface area contributed by atoms with Gasteiger partial charge in [-0.05, 0) is 25.2 Å². The number of piperidine rings is 1. The van der Waals surface area contributed by atoms with E-state index in [9.17, 15) is 8.42 Å². The van der Waals surface area contributed by atoms with Crippen LogP contribution in [-0.2, 0) is 10.0 Å². The minimum absolute atomic E-state index is 0.0412. The highest BCUT2D eigenvalue weighted by Gasteiger charge is 2.37. The third kappa shape index (κ3) is 2.24. The fourth-order valence-corrected chi connectivity index (χ4v) is 4.24. The molecule has 0 amide bonds. The zero-order valence-corrected chi connectivity index (χ0v) is 11.2. The van der Waals surface area contributed by atoms with Gasteiger partial charge < -0.3 is 4.98 Å². The van der Waals surface area contributed by atoms with Crippen molar-refractivity contribution in [2.45, 2.75) is 38.3 Å². The third-order valence-corrected chi connectivity index (χ3v) is 5.48. The maximum absolute atomic E-state index is 12.4. The molecule has 1 saturated heterocycles. The zero-order chi connectivity index (χ0) is 12.6. The van der Waals surface area contributed by atoms with Crippen LogP contribution in [0.5, 0.6) is 0 Å². The van der Waals surface area contributed by atoms with Gasteiger partial charge in [0.05, 0.1) is 12.5 Å². The van der Waals surface area contributed by atoms with E-state index in [0.717, 1.165) is 6.42 Å². The average Bonchev–Trinajstić information content (AvgIpc) is 2.76. The van der Waals surface area contributed by atoms with Crippen molar-refractivity contribution >= 4 is 10.0 Å². The highest BCUT2D eigenvalue weighted by atomic mass is 32.2. The Hall–Kier alpha value is -0.880. The lowest BCUT2D eigenvalue weighted by atomic mass is 9.88. The van der Waals surface area contributed by atoms with Gasteiger partial charge in [-0.2, -0.15) is 4.31 Å². The molecule has 0 bridgehead atoms. The maximum atomic E-state index is 12.4. The van der Waals surface area contributed by atoms with Gasteiger partial charge in [-0.1, -0.05) is 13.8 Å². The van der Waals surface area contributed by atoms with Gasteiger partial charge in [-0.25, -0.2) is 13.4 Å². The molecule has 0 saturated carbocycles. The third-order valence-electron chi connectivity index (χ3n) is 3.60. The fraction of sp³-hybridized carbons (Fsp3) is 0.727. The minimum Gasteiger partial charge on any atom is -0.335 e. The van der Waals surface area contributed by atoms with Crippen LogP contribution in [0.15, 0.2) is 17.6 Å². The molecule has 6 heteroatoms. The zero-order valence-electron chi connectivity index (χ0n) is 10.4. The number of aromatic amines is 1. The van der Waals surface area contributed by atoms with Gasteiger partial charge in [-0.15, -0.1) is 0 Å². The predicted molar refractivity (Wildman–Crippen MR) is 64.9 cm³/mol. The van der Waals surface area contributed by atoms with Crippen LogP contribution in [0.2, 0.25) is 0 Å². The summed E-state index contributed by atoms with van der Waals surface area (Å²) in [6, 6.07) is 0.0412. The first-order chi connectivity index (χ1) is 7.93. The van der Waals surface area contributed by atoms with Gasteiger partial charge in [0.25, 0.3) is 10.0 Å². The second kappa shape index (κ2) is 4.42. The molecule has 1 aliphatic heterocycles. The summed E-state index contributed by atoms with van der Waals surface area (Å²) in [6.07, 6.45) is 3.84. The summed E-state index contributed by atoms with van der Waals surface area (Å²) in [5.74, 6) is 0.787. The number of imidazole rings is 1. The first-order valence-electron chi connectivity index (χ1n) is 5.93. The number of nitrogens with zero attached hydrogens (tertiary/aromatic N) is 2. The first kappa shape index (κ1) is 12.6. The SMILES string of the molecule is CC1CC(C)C(C)N(S(=O)(=O)c2cnc[nH]2)C1. The molecule has 1 N–H and O–H groups in total. The Morgan fingerprint density at radius 1 is 1.41 bits per heavy atom. The minimum atomic E-state index is -3.42.